The van der Waals surface area contributed by atoms with E-state index in [1.54, 1.807) is 0 Å². The van der Waals surface area contributed by atoms with Crippen molar-refractivity contribution in [2.75, 3.05) is 85.1 Å². The highest BCUT2D eigenvalue weighted by Gasteiger charge is 2.20. The van der Waals surface area contributed by atoms with Crippen LogP contribution < -0.4 is 5.32 Å². The lowest BCUT2D eigenvalue weighted by atomic mass is 10.1. The van der Waals surface area contributed by atoms with Crippen LogP contribution in [0.4, 0.5) is 0 Å². The van der Waals surface area contributed by atoms with Gasteiger partial charge in [0.2, 0.25) is 0 Å². The average Bonchev–Trinajstić information content (AvgIpc) is 2.83. The lowest BCUT2D eigenvalue weighted by Crippen LogP contribution is -2.52. The lowest BCUT2D eigenvalue weighted by Gasteiger charge is -2.36. The maximum absolute atomic E-state index is 5.02. The van der Waals surface area contributed by atoms with Crippen LogP contribution in [0.15, 0.2) is 41.4 Å². The summed E-state index contributed by atoms with van der Waals surface area (Å²) < 4.78 is 0. The van der Waals surface area contributed by atoms with E-state index < -0.39 is 0 Å². The van der Waals surface area contributed by atoms with E-state index in [1.807, 2.05) is 0 Å². The third-order valence-electron chi connectivity index (χ3n) is 6.51. The summed E-state index contributed by atoms with van der Waals surface area (Å²) in [5.74, 6) is 1.68. The van der Waals surface area contributed by atoms with E-state index in [9.17, 15) is 0 Å². The molecule has 2 aliphatic heterocycles. The van der Waals surface area contributed by atoms with Gasteiger partial charge in [-0.1, -0.05) is 56.3 Å². The molecule has 1 unspecified atom stereocenters. The first kappa shape index (κ1) is 28.1. The molecule has 0 aromatic heterocycles. The number of nitrogens with zero attached hydrogens (tertiary/aromatic N) is 5. The second-order valence-corrected chi connectivity index (χ2v) is 9.14. The van der Waals surface area contributed by atoms with Gasteiger partial charge < -0.3 is 20.0 Å². The fourth-order valence-corrected chi connectivity index (χ4v) is 4.50. The van der Waals surface area contributed by atoms with Gasteiger partial charge in [-0.3, -0.25) is 9.89 Å². The zero-order valence-corrected chi connectivity index (χ0v) is 23.3. The molecular formula is C26H45IN6. The molecule has 33 heavy (non-hydrogen) atoms. The number of likely N-dealkylation sites (N-methyl/N-ethyl adjacent to an activating group) is 1. The molecule has 0 bridgehead atoms. The van der Waals surface area contributed by atoms with Gasteiger partial charge >= 0.3 is 0 Å². The first-order valence-electron chi connectivity index (χ1n) is 12.6. The predicted molar refractivity (Wildman–Crippen MR) is 153 cm³/mol. The summed E-state index contributed by atoms with van der Waals surface area (Å²) in [7, 11) is 0. The lowest BCUT2D eigenvalue weighted by molar-refractivity contribution is 0.125. The summed E-state index contributed by atoms with van der Waals surface area (Å²) >= 11 is 0. The van der Waals surface area contributed by atoms with Crippen molar-refractivity contribution < 1.29 is 0 Å². The summed E-state index contributed by atoms with van der Waals surface area (Å²) in [5, 5.41) is 3.53. The van der Waals surface area contributed by atoms with Crippen molar-refractivity contribution in [2.24, 2.45) is 10.9 Å². The molecular weight excluding hydrogens is 523 g/mol. The second kappa shape index (κ2) is 15.7. The van der Waals surface area contributed by atoms with E-state index >= 15 is 0 Å². The number of halogens is 1. The first-order valence-corrected chi connectivity index (χ1v) is 12.6. The minimum absolute atomic E-state index is 0. The van der Waals surface area contributed by atoms with Crippen LogP contribution in [0.2, 0.25) is 0 Å². The highest BCUT2D eigenvalue weighted by Crippen LogP contribution is 2.08. The van der Waals surface area contributed by atoms with Crippen LogP contribution in [0, 0.1) is 5.92 Å². The Morgan fingerprint density at radius 2 is 1.58 bits per heavy atom. The molecule has 2 saturated heterocycles. The topological polar surface area (TPSA) is 37.4 Å². The Hall–Kier alpha value is -1.16. The number of piperazine rings is 2. The summed E-state index contributed by atoms with van der Waals surface area (Å²) in [4.78, 5) is 15.1. The molecule has 7 heteroatoms. The van der Waals surface area contributed by atoms with E-state index in [-0.39, 0.29) is 24.0 Å². The Morgan fingerprint density at radius 1 is 0.939 bits per heavy atom. The van der Waals surface area contributed by atoms with Crippen molar-refractivity contribution in [3.05, 3.63) is 42.0 Å². The maximum atomic E-state index is 5.02. The van der Waals surface area contributed by atoms with Crippen LogP contribution in [0.3, 0.4) is 0 Å². The predicted octanol–water partition coefficient (Wildman–Crippen LogP) is 3.17. The molecule has 0 aliphatic carbocycles. The molecule has 0 spiro atoms. The molecule has 1 atom stereocenters. The molecule has 186 valence electrons. The van der Waals surface area contributed by atoms with Gasteiger partial charge in [-0.2, -0.15) is 0 Å². The Bertz CT molecular complexity index is 694. The Morgan fingerprint density at radius 3 is 2.21 bits per heavy atom. The van der Waals surface area contributed by atoms with Crippen molar-refractivity contribution in [3.63, 3.8) is 0 Å². The minimum Gasteiger partial charge on any atom is -0.357 e. The molecule has 0 amide bonds. The Labute approximate surface area is 219 Å². The molecule has 0 saturated carbocycles. The van der Waals surface area contributed by atoms with Crippen LogP contribution in [0.5, 0.6) is 0 Å². The average molecular weight is 569 g/mol. The van der Waals surface area contributed by atoms with Gasteiger partial charge in [0.05, 0.1) is 0 Å². The molecule has 2 aliphatic rings. The van der Waals surface area contributed by atoms with Gasteiger partial charge in [0.15, 0.2) is 5.96 Å². The number of aliphatic imine (C=N–C) groups is 1. The van der Waals surface area contributed by atoms with Crippen LogP contribution >= 0.6 is 24.0 Å². The van der Waals surface area contributed by atoms with Crippen molar-refractivity contribution in [3.8, 4) is 0 Å². The number of guanidine groups is 1. The smallest absolute Gasteiger partial charge is 0.194 e. The number of nitrogens with one attached hydrogen (secondary N) is 1. The van der Waals surface area contributed by atoms with E-state index in [0.29, 0.717) is 5.92 Å². The van der Waals surface area contributed by atoms with E-state index in [1.165, 1.54) is 38.3 Å². The Balaban J connectivity index is 0.00000385. The number of benzene rings is 1. The largest absolute Gasteiger partial charge is 0.357 e. The SMILES string of the molecule is CCNC(=NCC(C)CN1CCN(CC)CC1)N1CCN(C/C=C/c2ccccc2)CC1.I. The minimum atomic E-state index is 0. The highest BCUT2D eigenvalue weighted by atomic mass is 127. The van der Waals surface area contributed by atoms with Crippen molar-refractivity contribution in [1.82, 2.24) is 24.9 Å². The molecule has 1 aromatic rings. The number of hydrogen-bond donors (Lipinski definition) is 1. The van der Waals surface area contributed by atoms with Crippen molar-refractivity contribution >= 4 is 36.0 Å². The molecule has 3 rings (SSSR count). The quantitative estimate of drug-likeness (QED) is 0.282. The van der Waals surface area contributed by atoms with Gasteiger partial charge in [-0.05, 0) is 24.9 Å². The summed E-state index contributed by atoms with van der Waals surface area (Å²) in [5.41, 5.74) is 1.27. The highest BCUT2D eigenvalue weighted by molar-refractivity contribution is 14.0. The number of hydrogen-bond acceptors (Lipinski definition) is 4. The standard InChI is InChI=1S/C26H44N6.HI/c1-4-27-26(28-22-24(3)23-31-16-14-29(5-2)15-17-31)32-20-18-30(19-21-32)13-9-12-25-10-7-6-8-11-25;/h6-12,24H,4-5,13-23H2,1-3H3,(H,27,28);1H/b12-9+;. The monoisotopic (exact) mass is 568 g/mol. The van der Waals surface area contributed by atoms with Gasteiger partial charge in [0.1, 0.15) is 0 Å². The van der Waals surface area contributed by atoms with Crippen molar-refractivity contribution in [2.45, 2.75) is 20.8 Å². The van der Waals surface area contributed by atoms with Gasteiger partial charge in [-0.15, -0.1) is 24.0 Å². The zero-order valence-electron chi connectivity index (χ0n) is 21.0. The fourth-order valence-electron chi connectivity index (χ4n) is 4.50. The van der Waals surface area contributed by atoms with E-state index in [0.717, 1.165) is 58.3 Å². The molecule has 2 heterocycles. The Kier molecular flexibility index (Phi) is 13.3. The van der Waals surface area contributed by atoms with Crippen LogP contribution in [0.25, 0.3) is 6.08 Å². The second-order valence-electron chi connectivity index (χ2n) is 9.14. The number of rotatable bonds is 9. The normalized spacial score (nSPS) is 20.1. The van der Waals surface area contributed by atoms with Gasteiger partial charge in [0, 0.05) is 78.5 Å². The maximum Gasteiger partial charge on any atom is 0.194 e. The zero-order chi connectivity index (χ0) is 22.6. The molecule has 1 N–H and O–H groups in total. The third kappa shape index (κ3) is 9.92. The molecule has 2 fully saturated rings. The summed E-state index contributed by atoms with van der Waals surface area (Å²) in [6, 6.07) is 10.5. The summed E-state index contributed by atoms with van der Waals surface area (Å²) in [6.45, 7) is 21.0. The first-order chi connectivity index (χ1) is 15.7. The van der Waals surface area contributed by atoms with Crippen LogP contribution in [0.1, 0.15) is 26.3 Å². The summed E-state index contributed by atoms with van der Waals surface area (Å²) in [6.07, 6.45) is 4.51. The van der Waals surface area contributed by atoms with Crippen LogP contribution in [-0.4, -0.2) is 111 Å². The van der Waals surface area contributed by atoms with E-state index in [4.69, 9.17) is 4.99 Å². The third-order valence-corrected chi connectivity index (χ3v) is 6.51. The molecule has 6 nitrogen and oxygen atoms in total. The van der Waals surface area contributed by atoms with Gasteiger partial charge in [0.25, 0.3) is 0 Å². The molecule has 1 aromatic carbocycles. The fraction of sp³-hybridized carbons (Fsp3) is 0.654. The van der Waals surface area contributed by atoms with Gasteiger partial charge in [-0.25, -0.2) is 0 Å². The van der Waals surface area contributed by atoms with Crippen LogP contribution in [-0.2, 0) is 0 Å². The van der Waals surface area contributed by atoms with E-state index in [2.05, 4.69) is 88.2 Å². The van der Waals surface area contributed by atoms with Crippen molar-refractivity contribution in [1.29, 1.82) is 0 Å². The molecule has 0 radical (unpaired) electrons.